The fourth-order valence-corrected chi connectivity index (χ4v) is 1.90. The molecule has 0 amide bonds. The Labute approximate surface area is 114 Å². The Morgan fingerprint density at radius 1 is 1.30 bits per heavy atom. The molecule has 2 rings (SSSR count). The van der Waals surface area contributed by atoms with Crippen LogP contribution in [-0.2, 0) is 12.6 Å². The molecule has 0 aliphatic heterocycles. The lowest BCUT2D eigenvalue weighted by molar-refractivity contribution is -0.137. The van der Waals surface area contributed by atoms with Crippen LogP contribution in [0.3, 0.4) is 0 Å². The Morgan fingerprint density at radius 3 is 2.80 bits per heavy atom. The van der Waals surface area contributed by atoms with Gasteiger partial charge in [-0.3, -0.25) is 0 Å². The van der Waals surface area contributed by atoms with E-state index in [1.54, 1.807) is 12.3 Å². The number of benzene rings is 1. The zero-order valence-corrected chi connectivity index (χ0v) is 11.0. The van der Waals surface area contributed by atoms with Crippen molar-refractivity contribution in [2.45, 2.75) is 19.0 Å². The number of halogens is 3. The van der Waals surface area contributed by atoms with E-state index in [-0.39, 0.29) is 0 Å². The maximum absolute atomic E-state index is 12.7. The zero-order valence-electron chi connectivity index (χ0n) is 11.0. The lowest BCUT2D eigenvalue weighted by Gasteiger charge is -2.10. The summed E-state index contributed by atoms with van der Waals surface area (Å²) in [6.07, 6.45) is -1.22. The molecule has 20 heavy (non-hydrogen) atoms. The van der Waals surface area contributed by atoms with E-state index in [0.29, 0.717) is 12.1 Å². The smallest absolute Gasteiger partial charge is 0.320 e. The summed E-state index contributed by atoms with van der Waals surface area (Å²) in [6, 6.07) is 5.08. The molecule has 1 N–H and O–H groups in total. The van der Waals surface area contributed by atoms with Crippen LogP contribution in [0.4, 0.5) is 13.2 Å². The van der Waals surface area contributed by atoms with Gasteiger partial charge in [0.2, 0.25) is 0 Å². The van der Waals surface area contributed by atoms with Gasteiger partial charge in [-0.25, -0.2) is 4.68 Å². The predicted octanol–water partition coefficient (Wildman–Crippen LogP) is 2.44. The molecule has 1 aromatic carbocycles. The van der Waals surface area contributed by atoms with Crippen LogP contribution in [0.15, 0.2) is 30.5 Å². The SMILES string of the molecule is CNCCCc1cnnn1-c1cccc(C(F)(F)F)c1. The van der Waals surface area contributed by atoms with Gasteiger partial charge in [0.05, 0.1) is 23.1 Å². The molecule has 0 radical (unpaired) electrons. The Bertz CT molecular complexity index is 563. The summed E-state index contributed by atoms with van der Waals surface area (Å²) < 4.78 is 39.6. The van der Waals surface area contributed by atoms with E-state index in [1.165, 1.54) is 10.7 Å². The highest BCUT2D eigenvalue weighted by atomic mass is 19.4. The Hall–Kier alpha value is -1.89. The van der Waals surface area contributed by atoms with Gasteiger partial charge in [-0.2, -0.15) is 13.2 Å². The maximum atomic E-state index is 12.7. The van der Waals surface area contributed by atoms with Gasteiger partial charge < -0.3 is 5.32 Å². The predicted molar refractivity (Wildman–Crippen MR) is 68.6 cm³/mol. The summed E-state index contributed by atoms with van der Waals surface area (Å²) in [5, 5.41) is 10.7. The van der Waals surface area contributed by atoms with E-state index < -0.39 is 11.7 Å². The number of nitrogens with one attached hydrogen (secondary N) is 1. The molecule has 0 unspecified atom stereocenters. The molecule has 1 aromatic heterocycles. The summed E-state index contributed by atoms with van der Waals surface area (Å²) in [5.41, 5.74) is 0.475. The lowest BCUT2D eigenvalue weighted by Crippen LogP contribution is -2.11. The first kappa shape index (κ1) is 14.5. The van der Waals surface area contributed by atoms with Gasteiger partial charge in [0.1, 0.15) is 0 Å². The molecule has 2 aromatic rings. The van der Waals surface area contributed by atoms with Crippen LogP contribution in [0.1, 0.15) is 17.7 Å². The van der Waals surface area contributed by atoms with Crippen molar-refractivity contribution in [1.82, 2.24) is 20.3 Å². The molecule has 108 valence electrons. The van der Waals surface area contributed by atoms with Gasteiger partial charge in [0.25, 0.3) is 0 Å². The van der Waals surface area contributed by atoms with Crippen LogP contribution < -0.4 is 5.32 Å². The Morgan fingerprint density at radius 2 is 2.10 bits per heavy atom. The third kappa shape index (κ3) is 3.36. The molecule has 0 saturated carbocycles. The van der Waals surface area contributed by atoms with Crippen LogP contribution in [0.2, 0.25) is 0 Å². The second-order valence-electron chi connectivity index (χ2n) is 4.39. The summed E-state index contributed by atoms with van der Waals surface area (Å²) in [7, 11) is 1.85. The van der Waals surface area contributed by atoms with Crippen molar-refractivity contribution in [3.8, 4) is 5.69 Å². The highest BCUT2D eigenvalue weighted by molar-refractivity contribution is 5.37. The van der Waals surface area contributed by atoms with E-state index in [1.807, 2.05) is 7.05 Å². The number of aryl methyl sites for hydroxylation is 1. The van der Waals surface area contributed by atoms with Crippen LogP contribution in [-0.4, -0.2) is 28.6 Å². The van der Waals surface area contributed by atoms with E-state index in [0.717, 1.165) is 30.8 Å². The molecule has 1 heterocycles. The van der Waals surface area contributed by atoms with Crippen molar-refractivity contribution in [2.24, 2.45) is 0 Å². The molecule has 7 heteroatoms. The number of aromatic nitrogens is 3. The highest BCUT2D eigenvalue weighted by Gasteiger charge is 2.30. The zero-order chi connectivity index (χ0) is 14.6. The fraction of sp³-hybridized carbons (Fsp3) is 0.385. The van der Waals surface area contributed by atoms with Gasteiger partial charge in [-0.05, 0) is 44.6 Å². The first-order chi connectivity index (χ1) is 9.52. The summed E-state index contributed by atoms with van der Waals surface area (Å²) in [4.78, 5) is 0. The quantitative estimate of drug-likeness (QED) is 0.858. The van der Waals surface area contributed by atoms with Crippen molar-refractivity contribution in [3.05, 3.63) is 41.7 Å². The second-order valence-corrected chi connectivity index (χ2v) is 4.39. The molecular formula is C13H15F3N4. The molecule has 0 aliphatic rings. The Balaban J connectivity index is 2.26. The topological polar surface area (TPSA) is 42.7 Å². The minimum atomic E-state index is -4.36. The average Bonchev–Trinajstić information content (AvgIpc) is 2.87. The first-order valence-electron chi connectivity index (χ1n) is 6.24. The van der Waals surface area contributed by atoms with Crippen molar-refractivity contribution in [2.75, 3.05) is 13.6 Å². The van der Waals surface area contributed by atoms with E-state index in [9.17, 15) is 13.2 Å². The molecule has 0 atom stereocenters. The van der Waals surface area contributed by atoms with Crippen LogP contribution in [0, 0.1) is 0 Å². The van der Waals surface area contributed by atoms with E-state index in [4.69, 9.17) is 0 Å². The number of nitrogens with zero attached hydrogens (tertiary/aromatic N) is 3. The molecule has 0 bridgehead atoms. The second kappa shape index (κ2) is 6.04. The van der Waals surface area contributed by atoms with Crippen molar-refractivity contribution in [1.29, 1.82) is 0 Å². The molecule has 0 fully saturated rings. The summed E-state index contributed by atoms with van der Waals surface area (Å²) in [6.45, 7) is 0.827. The molecule has 0 saturated heterocycles. The standard InChI is InChI=1S/C13H15F3N4/c1-17-7-3-6-12-9-18-19-20(12)11-5-2-4-10(8-11)13(14,15)16/h2,4-5,8-9,17H,3,6-7H2,1H3. The normalized spacial score (nSPS) is 11.8. The van der Waals surface area contributed by atoms with E-state index in [2.05, 4.69) is 15.6 Å². The van der Waals surface area contributed by atoms with Gasteiger partial charge in [-0.1, -0.05) is 11.3 Å². The van der Waals surface area contributed by atoms with Crippen molar-refractivity contribution < 1.29 is 13.2 Å². The molecule has 0 spiro atoms. The van der Waals surface area contributed by atoms with Gasteiger partial charge in [-0.15, -0.1) is 5.10 Å². The van der Waals surface area contributed by atoms with Crippen LogP contribution >= 0.6 is 0 Å². The maximum Gasteiger partial charge on any atom is 0.416 e. The van der Waals surface area contributed by atoms with Crippen LogP contribution in [0.5, 0.6) is 0 Å². The van der Waals surface area contributed by atoms with Gasteiger partial charge in [0, 0.05) is 0 Å². The number of hydrogen-bond donors (Lipinski definition) is 1. The molecule has 0 aliphatic carbocycles. The number of rotatable bonds is 5. The van der Waals surface area contributed by atoms with Crippen molar-refractivity contribution >= 4 is 0 Å². The third-order valence-corrected chi connectivity index (χ3v) is 2.90. The minimum absolute atomic E-state index is 0.372. The minimum Gasteiger partial charge on any atom is -0.320 e. The molecule has 4 nitrogen and oxygen atoms in total. The van der Waals surface area contributed by atoms with Gasteiger partial charge >= 0.3 is 6.18 Å². The third-order valence-electron chi connectivity index (χ3n) is 2.90. The van der Waals surface area contributed by atoms with E-state index >= 15 is 0 Å². The largest absolute Gasteiger partial charge is 0.416 e. The monoisotopic (exact) mass is 284 g/mol. The number of alkyl halides is 3. The van der Waals surface area contributed by atoms with Crippen LogP contribution in [0.25, 0.3) is 5.69 Å². The summed E-state index contributed by atoms with van der Waals surface area (Å²) >= 11 is 0. The molecular weight excluding hydrogens is 269 g/mol. The summed E-state index contributed by atoms with van der Waals surface area (Å²) in [5.74, 6) is 0. The van der Waals surface area contributed by atoms with Crippen molar-refractivity contribution in [3.63, 3.8) is 0 Å². The fourth-order valence-electron chi connectivity index (χ4n) is 1.90. The average molecular weight is 284 g/mol. The Kier molecular flexibility index (Phi) is 4.39. The lowest BCUT2D eigenvalue weighted by atomic mass is 10.2. The number of hydrogen-bond acceptors (Lipinski definition) is 3. The van der Waals surface area contributed by atoms with Gasteiger partial charge in [0.15, 0.2) is 0 Å². The first-order valence-corrected chi connectivity index (χ1v) is 6.24. The highest BCUT2D eigenvalue weighted by Crippen LogP contribution is 2.30.